The van der Waals surface area contributed by atoms with E-state index in [9.17, 15) is 0 Å². The fourth-order valence-corrected chi connectivity index (χ4v) is 1.83. The third-order valence-electron chi connectivity index (χ3n) is 2.75. The standard InChI is InChI=1S/C12H13N5O/c1-2-17-8-16-10-11(14-7-15-12(10)17)13-6-9-4-3-5-18-9/h3-5,7-8H,2,6H2,1H3,(H,13,14,15). The predicted octanol–water partition coefficient (Wildman–Crippen LogP) is 2.05. The predicted molar refractivity (Wildman–Crippen MR) is 67.0 cm³/mol. The van der Waals surface area contributed by atoms with Crippen LogP contribution >= 0.6 is 0 Å². The highest BCUT2D eigenvalue weighted by Gasteiger charge is 2.09. The van der Waals surface area contributed by atoms with E-state index in [0.29, 0.717) is 6.54 Å². The molecule has 6 nitrogen and oxygen atoms in total. The Hall–Kier alpha value is -2.37. The van der Waals surface area contributed by atoms with Gasteiger partial charge in [-0.2, -0.15) is 0 Å². The van der Waals surface area contributed by atoms with Gasteiger partial charge in [0.25, 0.3) is 0 Å². The van der Waals surface area contributed by atoms with E-state index in [2.05, 4.69) is 27.2 Å². The average molecular weight is 243 g/mol. The highest BCUT2D eigenvalue weighted by Crippen LogP contribution is 2.17. The van der Waals surface area contributed by atoms with Crippen molar-refractivity contribution in [3.05, 3.63) is 36.8 Å². The summed E-state index contributed by atoms with van der Waals surface area (Å²) in [7, 11) is 0. The highest BCUT2D eigenvalue weighted by molar-refractivity contribution is 5.82. The molecule has 0 amide bonds. The van der Waals surface area contributed by atoms with E-state index >= 15 is 0 Å². The molecule has 0 saturated carbocycles. The highest BCUT2D eigenvalue weighted by atomic mass is 16.3. The largest absolute Gasteiger partial charge is 0.467 e. The molecule has 0 radical (unpaired) electrons. The fraction of sp³-hybridized carbons (Fsp3) is 0.250. The maximum absolute atomic E-state index is 5.26. The average Bonchev–Trinajstić information content (AvgIpc) is 3.05. The van der Waals surface area contributed by atoms with E-state index in [-0.39, 0.29) is 0 Å². The number of aryl methyl sites for hydroxylation is 1. The molecule has 0 aliphatic heterocycles. The molecular formula is C12H13N5O. The first-order chi connectivity index (χ1) is 8.88. The summed E-state index contributed by atoms with van der Waals surface area (Å²) in [6.45, 7) is 3.47. The number of hydrogen-bond donors (Lipinski definition) is 1. The first-order valence-electron chi connectivity index (χ1n) is 5.80. The van der Waals surface area contributed by atoms with Crippen LogP contribution in [0.3, 0.4) is 0 Å². The Labute approximate surface area is 104 Å². The molecule has 18 heavy (non-hydrogen) atoms. The molecule has 3 aromatic heterocycles. The van der Waals surface area contributed by atoms with Crippen molar-refractivity contribution in [3.63, 3.8) is 0 Å². The van der Waals surface area contributed by atoms with Gasteiger partial charge in [-0.3, -0.25) is 0 Å². The maximum Gasteiger partial charge on any atom is 0.165 e. The summed E-state index contributed by atoms with van der Waals surface area (Å²) in [5, 5.41) is 3.21. The number of aromatic nitrogens is 4. The number of rotatable bonds is 4. The van der Waals surface area contributed by atoms with Crippen LogP contribution in [-0.4, -0.2) is 19.5 Å². The Morgan fingerprint density at radius 3 is 3.06 bits per heavy atom. The molecule has 3 aromatic rings. The van der Waals surface area contributed by atoms with Gasteiger partial charge >= 0.3 is 0 Å². The third-order valence-corrected chi connectivity index (χ3v) is 2.75. The SMILES string of the molecule is CCn1cnc2c(NCc3ccco3)ncnc21. The molecule has 6 heteroatoms. The molecule has 0 spiro atoms. The van der Waals surface area contributed by atoms with Gasteiger partial charge in [0, 0.05) is 6.54 Å². The van der Waals surface area contributed by atoms with Gasteiger partial charge in [0.2, 0.25) is 0 Å². The Morgan fingerprint density at radius 1 is 1.33 bits per heavy atom. The number of fused-ring (bicyclic) bond motifs is 1. The molecule has 1 N–H and O–H groups in total. The minimum absolute atomic E-state index is 0.581. The van der Waals surface area contributed by atoms with Crippen LogP contribution in [-0.2, 0) is 13.1 Å². The zero-order chi connectivity index (χ0) is 12.4. The molecule has 0 saturated heterocycles. The molecule has 0 aliphatic rings. The first-order valence-corrected chi connectivity index (χ1v) is 5.80. The Bertz CT molecular complexity index is 644. The van der Waals surface area contributed by atoms with Crippen LogP contribution < -0.4 is 5.32 Å². The molecule has 92 valence electrons. The van der Waals surface area contributed by atoms with Crippen LogP contribution in [0.4, 0.5) is 5.82 Å². The van der Waals surface area contributed by atoms with Crippen LogP contribution in [0, 0.1) is 0 Å². The summed E-state index contributed by atoms with van der Waals surface area (Å²) in [5.41, 5.74) is 1.63. The Kier molecular flexibility index (Phi) is 2.68. The van der Waals surface area contributed by atoms with Crippen molar-refractivity contribution in [3.8, 4) is 0 Å². The lowest BCUT2D eigenvalue weighted by Gasteiger charge is -2.04. The van der Waals surface area contributed by atoms with Crippen molar-refractivity contribution in [2.75, 3.05) is 5.32 Å². The van der Waals surface area contributed by atoms with E-state index in [0.717, 1.165) is 29.3 Å². The molecule has 0 bridgehead atoms. The minimum atomic E-state index is 0.581. The number of imidazole rings is 1. The van der Waals surface area contributed by atoms with Crippen molar-refractivity contribution in [1.82, 2.24) is 19.5 Å². The van der Waals surface area contributed by atoms with E-state index in [1.54, 1.807) is 18.9 Å². The Balaban J connectivity index is 1.90. The number of anilines is 1. The lowest BCUT2D eigenvalue weighted by molar-refractivity contribution is 0.518. The molecule has 0 atom stereocenters. The number of nitrogens with zero attached hydrogens (tertiary/aromatic N) is 4. The van der Waals surface area contributed by atoms with Crippen molar-refractivity contribution in [2.45, 2.75) is 20.0 Å². The fourth-order valence-electron chi connectivity index (χ4n) is 1.83. The minimum Gasteiger partial charge on any atom is -0.467 e. The number of hydrogen-bond acceptors (Lipinski definition) is 5. The Morgan fingerprint density at radius 2 is 2.28 bits per heavy atom. The van der Waals surface area contributed by atoms with Crippen LogP contribution in [0.25, 0.3) is 11.2 Å². The monoisotopic (exact) mass is 243 g/mol. The van der Waals surface area contributed by atoms with Crippen molar-refractivity contribution >= 4 is 17.0 Å². The molecule has 0 aromatic carbocycles. The first kappa shape index (κ1) is 10.8. The van der Waals surface area contributed by atoms with E-state index in [1.807, 2.05) is 16.7 Å². The van der Waals surface area contributed by atoms with Gasteiger partial charge in [-0.05, 0) is 19.1 Å². The smallest absolute Gasteiger partial charge is 0.165 e. The van der Waals surface area contributed by atoms with Crippen molar-refractivity contribution in [2.24, 2.45) is 0 Å². The van der Waals surface area contributed by atoms with Gasteiger partial charge in [0.1, 0.15) is 17.6 Å². The second-order valence-electron chi connectivity index (χ2n) is 3.86. The quantitative estimate of drug-likeness (QED) is 0.759. The van der Waals surface area contributed by atoms with E-state index < -0.39 is 0 Å². The van der Waals surface area contributed by atoms with Crippen LogP contribution in [0.2, 0.25) is 0 Å². The van der Waals surface area contributed by atoms with E-state index in [4.69, 9.17) is 4.42 Å². The molecule has 0 unspecified atom stereocenters. The van der Waals surface area contributed by atoms with Gasteiger partial charge in [-0.1, -0.05) is 0 Å². The van der Waals surface area contributed by atoms with E-state index in [1.165, 1.54) is 0 Å². The number of furan rings is 1. The van der Waals surface area contributed by atoms with Gasteiger partial charge in [0.15, 0.2) is 11.5 Å². The second-order valence-corrected chi connectivity index (χ2v) is 3.86. The van der Waals surface area contributed by atoms with Crippen LogP contribution in [0.15, 0.2) is 35.5 Å². The molecule has 3 heterocycles. The summed E-state index contributed by atoms with van der Waals surface area (Å²) in [6, 6.07) is 3.77. The maximum atomic E-state index is 5.26. The van der Waals surface area contributed by atoms with Gasteiger partial charge < -0.3 is 14.3 Å². The lowest BCUT2D eigenvalue weighted by Crippen LogP contribution is -2.02. The zero-order valence-corrected chi connectivity index (χ0v) is 10.00. The summed E-state index contributed by atoms with van der Waals surface area (Å²) in [6.07, 6.45) is 4.97. The number of nitrogens with one attached hydrogen (secondary N) is 1. The summed E-state index contributed by atoms with van der Waals surface area (Å²) in [5.74, 6) is 1.58. The van der Waals surface area contributed by atoms with Crippen molar-refractivity contribution in [1.29, 1.82) is 0 Å². The lowest BCUT2D eigenvalue weighted by atomic mass is 10.4. The molecule has 0 fully saturated rings. The molecule has 3 rings (SSSR count). The molecular weight excluding hydrogens is 230 g/mol. The van der Waals surface area contributed by atoms with Gasteiger partial charge in [0.05, 0.1) is 19.1 Å². The van der Waals surface area contributed by atoms with Crippen LogP contribution in [0.1, 0.15) is 12.7 Å². The molecule has 0 aliphatic carbocycles. The normalized spacial score (nSPS) is 10.9. The topological polar surface area (TPSA) is 68.8 Å². The summed E-state index contributed by atoms with van der Waals surface area (Å²) < 4.78 is 7.24. The zero-order valence-electron chi connectivity index (χ0n) is 10.00. The van der Waals surface area contributed by atoms with Crippen molar-refractivity contribution < 1.29 is 4.42 Å². The third kappa shape index (κ3) is 1.81. The summed E-state index contributed by atoms with van der Waals surface area (Å²) in [4.78, 5) is 12.8. The van der Waals surface area contributed by atoms with Gasteiger partial charge in [-0.25, -0.2) is 15.0 Å². The van der Waals surface area contributed by atoms with Gasteiger partial charge in [-0.15, -0.1) is 0 Å². The summed E-state index contributed by atoms with van der Waals surface area (Å²) >= 11 is 0. The second kappa shape index (κ2) is 4.48. The van der Waals surface area contributed by atoms with Crippen LogP contribution in [0.5, 0.6) is 0 Å².